The number of nitrogens with one attached hydrogen (secondary N) is 1. The monoisotopic (exact) mass is 259 g/mol. The number of carboxylic acids is 2. The van der Waals surface area contributed by atoms with Crippen molar-refractivity contribution in [1.29, 1.82) is 0 Å². The molecule has 3 N–H and O–H groups in total. The van der Waals surface area contributed by atoms with Crippen LogP contribution in [-0.4, -0.2) is 37.1 Å². The van der Waals surface area contributed by atoms with Gasteiger partial charge in [0.25, 0.3) is 0 Å². The molecule has 1 aromatic carbocycles. The summed E-state index contributed by atoms with van der Waals surface area (Å²) in [5, 5.41) is 17.2. The summed E-state index contributed by atoms with van der Waals surface area (Å²) >= 11 is 0. The summed E-state index contributed by atoms with van der Waals surface area (Å²) in [6.45, 7) is -0.809. The largest absolute Gasteiger partial charge is 0.480 e. The fourth-order valence-electron chi connectivity index (χ4n) is 1.11. The summed E-state index contributed by atoms with van der Waals surface area (Å²) in [5.41, 5.74) is -0.412. The van der Waals surface area contributed by atoms with E-state index in [0.717, 1.165) is 12.1 Å². The van der Waals surface area contributed by atoms with Gasteiger partial charge in [0.1, 0.15) is 6.54 Å². The molecule has 0 heterocycles. The van der Waals surface area contributed by atoms with Gasteiger partial charge >= 0.3 is 11.9 Å². The summed E-state index contributed by atoms with van der Waals surface area (Å²) in [7, 11) is -4.14. The van der Waals surface area contributed by atoms with Crippen LogP contribution in [0.1, 0.15) is 10.4 Å². The summed E-state index contributed by atoms with van der Waals surface area (Å²) < 4.78 is 25.0. The van der Waals surface area contributed by atoms with Gasteiger partial charge < -0.3 is 10.2 Å². The van der Waals surface area contributed by atoms with Crippen LogP contribution in [0.25, 0.3) is 0 Å². The Balaban J connectivity index is 3.15. The Morgan fingerprint density at radius 3 is 2.29 bits per heavy atom. The minimum absolute atomic E-state index is 0.412. The Hall–Kier alpha value is -1.93. The molecule has 0 fully saturated rings. The Bertz CT molecular complexity index is 550. The predicted octanol–water partition coefficient (Wildman–Crippen LogP) is -0.252. The van der Waals surface area contributed by atoms with Crippen LogP contribution in [0.2, 0.25) is 0 Å². The van der Waals surface area contributed by atoms with E-state index in [1.165, 1.54) is 12.1 Å². The van der Waals surface area contributed by atoms with Crippen molar-refractivity contribution < 1.29 is 28.2 Å². The lowest BCUT2D eigenvalue weighted by atomic mass is 10.2. The number of aromatic carboxylic acids is 1. The van der Waals surface area contributed by atoms with E-state index < -0.39 is 39.0 Å². The van der Waals surface area contributed by atoms with Gasteiger partial charge in [-0.25, -0.2) is 13.2 Å². The molecule has 7 nitrogen and oxygen atoms in total. The number of carboxylic acid groups (broad SMARTS) is 2. The first-order valence-corrected chi connectivity index (χ1v) is 5.86. The van der Waals surface area contributed by atoms with Gasteiger partial charge in [0.15, 0.2) is 0 Å². The van der Waals surface area contributed by atoms with Gasteiger partial charge in [0, 0.05) is 0 Å². The quantitative estimate of drug-likeness (QED) is 0.670. The van der Waals surface area contributed by atoms with Crippen molar-refractivity contribution in [2.45, 2.75) is 4.90 Å². The number of sulfonamides is 1. The molecule has 17 heavy (non-hydrogen) atoms. The molecule has 0 atom stereocenters. The molecule has 0 amide bonds. The number of hydrogen-bond donors (Lipinski definition) is 3. The molecule has 0 radical (unpaired) electrons. The highest BCUT2D eigenvalue weighted by molar-refractivity contribution is 7.89. The Labute approximate surface area is 96.7 Å². The molecule has 0 saturated heterocycles. The van der Waals surface area contributed by atoms with E-state index in [2.05, 4.69) is 0 Å². The van der Waals surface area contributed by atoms with Crippen molar-refractivity contribution in [3.8, 4) is 0 Å². The third-order valence-corrected chi connectivity index (χ3v) is 3.28. The van der Waals surface area contributed by atoms with E-state index in [4.69, 9.17) is 10.2 Å². The Morgan fingerprint density at radius 2 is 1.76 bits per heavy atom. The third-order valence-electron chi connectivity index (χ3n) is 1.82. The highest BCUT2D eigenvalue weighted by atomic mass is 32.2. The van der Waals surface area contributed by atoms with Crippen molar-refractivity contribution in [3.05, 3.63) is 29.8 Å². The van der Waals surface area contributed by atoms with Crippen LogP contribution in [0, 0.1) is 0 Å². The SMILES string of the molecule is O=C(O)CNS(=O)(=O)c1ccccc1C(=O)O. The average molecular weight is 259 g/mol. The normalized spacial score (nSPS) is 11.1. The average Bonchev–Trinajstić information content (AvgIpc) is 2.26. The van der Waals surface area contributed by atoms with Crippen LogP contribution in [0.3, 0.4) is 0 Å². The molecule has 0 spiro atoms. The van der Waals surface area contributed by atoms with Crippen LogP contribution < -0.4 is 4.72 Å². The second-order valence-corrected chi connectivity index (χ2v) is 4.75. The smallest absolute Gasteiger partial charge is 0.337 e. The molecule has 0 saturated carbocycles. The minimum atomic E-state index is -4.14. The maximum absolute atomic E-state index is 11.6. The lowest BCUT2D eigenvalue weighted by molar-refractivity contribution is -0.135. The van der Waals surface area contributed by atoms with Crippen molar-refractivity contribution in [3.63, 3.8) is 0 Å². The van der Waals surface area contributed by atoms with E-state index in [1.807, 2.05) is 0 Å². The van der Waals surface area contributed by atoms with Crippen LogP contribution in [0.4, 0.5) is 0 Å². The zero-order valence-corrected chi connectivity index (χ0v) is 9.27. The summed E-state index contributed by atoms with van der Waals surface area (Å²) in [6.07, 6.45) is 0. The van der Waals surface area contributed by atoms with Crippen molar-refractivity contribution in [1.82, 2.24) is 4.72 Å². The van der Waals surface area contributed by atoms with E-state index >= 15 is 0 Å². The predicted molar refractivity (Wildman–Crippen MR) is 56.2 cm³/mol. The zero-order chi connectivity index (χ0) is 13.1. The molecule has 1 rings (SSSR count). The molecule has 0 bridgehead atoms. The Kier molecular flexibility index (Phi) is 3.81. The van der Waals surface area contributed by atoms with Gasteiger partial charge in [0.05, 0.1) is 10.5 Å². The molecule has 8 heteroatoms. The van der Waals surface area contributed by atoms with Crippen LogP contribution >= 0.6 is 0 Å². The third kappa shape index (κ3) is 3.26. The maximum Gasteiger partial charge on any atom is 0.337 e. The van der Waals surface area contributed by atoms with Crippen molar-refractivity contribution in [2.24, 2.45) is 0 Å². The topological polar surface area (TPSA) is 121 Å². The molecule has 0 unspecified atom stereocenters. The molecule has 0 aromatic heterocycles. The number of rotatable bonds is 5. The van der Waals surface area contributed by atoms with Gasteiger partial charge in [-0.2, -0.15) is 4.72 Å². The molecule has 92 valence electrons. The van der Waals surface area contributed by atoms with Gasteiger partial charge in [0.2, 0.25) is 10.0 Å². The van der Waals surface area contributed by atoms with Gasteiger partial charge in [-0.1, -0.05) is 12.1 Å². The second-order valence-electron chi connectivity index (χ2n) is 3.02. The fraction of sp³-hybridized carbons (Fsp3) is 0.111. The van der Waals surface area contributed by atoms with Gasteiger partial charge in [-0.15, -0.1) is 0 Å². The van der Waals surface area contributed by atoms with Crippen LogP contribution in [-0.2, 0) is 14.8 Å². The lowest BCUT2D eigenvalue weighted by Crippen LogP contribution is -2.30. The fourth-order valence-corrected chi connectivity index (χ4v) is 2.28. The molecule has 0 aliphatic carbocycles. The van der Waals surface area contributed by atoms with E-state index in [9.17, 15) is 18.0 Å². The molecule has 0 aliphatic rings. The Morgan fingerprint density at radius 1 is 1.18 bits per heavy atom. The molecule has 0 aliphatic heterocycles. The van der Waals surface area contributed by atoms with Crippen LogP contribution in [0.5, 0.6) is 0 Å². The van der Waals surface area contributed by atoms with Crippen molar-refractivity contribution in [2.75, 3.05) is 6.54 Å². The van der Waals surface area contributed by atoms with Gasteiger partial charge in [-0.3, -0.25) is 4.79 Å². The summed E-state index contributed by atoms with van der Waals surface area (Å²) in [4.78, 5) is 20.6. The maximum atomic E-state index is 11.6. The summed E-state index contributed by atoms with van der Waals surface area (Å²) in [5.74, 6) is -2.76. The molecular formula is C9H9NO6S. The minimum Gasteiger partial charge on any atom is -0.480 e. The van der Waals surface area contributed by atoms with Gasteiger partial charge in [-0.05, 0) is 12.1 Å². The number of aliphatic carboxylic acids is 1. The first-order valence-electron chi connectivity index (χ1n) is 4.38. The van der Waals surface area contributed by atoms with Crippen molar-refractivity contribution >= 4 is 22.0 Å². The summed E-state index contributed by atoms with van der Waals surface area (Å²) in [6, 6.07) is 4.94. The zero-order valence-electron chi connectivity index (χ0n) is 8.45. The molecular weight excluding hydrogens is 250 g/mol. The second kappa shape index (κ2) is 4.93. The highest BCUT2D eigenvalue weighted by Crippen LogP contribution is 2.14. The number of carbonyl (C=O) groups is 2. The van der Waals surface area contributed by atoms with Crippen LogP contribution in [0.15, 0.2) is 29.2 Å². The number of benzene rings is 1. The number of hydrogen-bond acceptors (Lipinski definition) is 4. The van der Waals surface area contributed by atoms with E-state index in [1.54, 1.807) is 4.72 Å². The van der Waals surface area contributed by atoms with E-state index in [0.29, 0.717) is 0 Å². The standard InChI is InChI=1S/C9H9NO6S/c11-8(12)5-10-17(15,16)7-4-2-1-3-6(7)9(13)14/h1-4,10H,5H2,(H,11,12)(H,13,14). The highest BCUT2D eigenvalue weighted by Gasteiger charge is 2.21. The molecule has 1 aromatic rings. The lowest BCUT2D eigenvalue weighted by Gasteiger charge is -2.07. The van der Waals surface area contributed by atoms with E-state index in [-0.39, 0.29) is 0 Å². The first kappa shape index (κ1) is 13.1. The first-order chi connectivity index (χ1) is 7.84.